The van der Waals surface area contributed by atoms with Crippen LogP contribution < -0.4 is 0 Å². The molecule has 5 nitrogen and oxygen atoms in total. The molecule has 0 radical (unpaired) electrons. The predicted octanol–water partition coefficient (Wildman–Crippen LogP) is 1.15. The summed E-state index contributed by atoms with van der Waals surface area (Å²) >= 11 is 0. The first-order valence-corrected chi connectivity index (χ1v) is 5.16. The molecule has 1 unspecified atom stereocenters. The summed E-state index contributed by atoms with van der Waals surface area (Å²) in [5.41, 5.74) is 0.881. The van der Waals surface area contributed by atoms with E-state index in [2.05, 4.69) is 0 Å². The minimum atomic E-state index is -0.901. The SMILES string of the molecule is O=[N+]([O-])[C@H]1COC(O)C[C@@H]1c1ccccc1. The summed E-state index contributed by atoms with van der Waals surface area (Å²) in [7, 11) is 0. The maximum Gasteiger partial charge on any atom is 0.243 e. The van der Waals surface area contributed by atoms with Crippen molar-refractivity contribution in [2.24, 2.45) is 0 Å². The van der Waals surface area contributed by atoms with E-state index in [0.717, 1.165) is 5.56 Å². The average Bonchev–Trinajstić information content (AvgIpc) is 2.29. The monoisotopic (exact) mass is 223 g/mol. The quantitative estimate of drug-likeness (QED) is 0.603. The molecule has 0 amide bonds. The molecular weight excluding hydrogens is 210 g/mol. The number of nitrogens with zero attached hydrogens (tertiary/aromatic N) is 1. The van der Waals surface area contributed by atoms with Gasteiger partial charge in [0, 0.05) is 11.3 Å². The summed E-state index contributed by atoms with van der Waals surface area (Å²) < 4.78 is 4.92. The number of aliphatic hydroxyl groups excluding tert-OH is 1. The van der Waals surface area contributed by atoms with Crippen molar-refractivity contribution in [1.29, 1.82) is 0 Å². The zero-order valence-electron chi connectivity index (χ0n) is 8.65. The largest absolute Gasteiger partial charge is 0.368 e. The van der Waals surface area contributed by atoms with E-state index in [-0.39, 0.29) is 23.9 Å². The maximum atomic E-state index is 10.9. The van der Waals surface area contributed by atoms with Gasteiger partial charge in [0.2, 0.25) is 6.04 Å². The molecule has 1 heterocycles. The van der Waals surface area contributed by atoms with Gasteiger partial charge in [-0.15, -0.1) is 0 Å². The lowest BCUT2D eigenvalue weighted by molar-refractivity contribution is -0.538. The molecular formula is C11H13NO4. The van der Waals surface area contributed by atoms with Crippen molar-refractivity contribution in [3.05, 3.63) is 46.0 Å². The van der Waals surface area contributed by atoms with Crippen molar-refractivity contribution in [3.8, 4) is 0 Å². The maximum absolute atomic E-state index is 10.9. The molecule has 0 saturated carbocycles. The standard InChI is InChI=1S/C11H13NO4/c13-11-6-9(8-4-2-1-3-5-8)10(7-16-11)12(14)15/h1-5,9-11,13H,6-7H2/t9-,10+,11?/m1/s1. The molecule has 1 aliphatic rings. The molecule has 0 aromatic heterocycles. The summed E-state index contributed by atoms with van der Waals surface area (Å²) in [6, 6.07) is 8.46. The Balaban J connectivity index is 2.24. The van der Waals surface area contributed by atoms with Crippen LogP contribution in [0.4, 0.5) is 0 Å². The normalized spacial score (nSPS) is 29.9. The smallest absolute Gasteiger partial charge is 0.243 e. The number of aliphatic hydroxyl groups is 1. The van der Waals surface area contributed by atoms with E-state index >= 15 is 0 Å². The van der Waals surface area contributed by atoms with Gasteiger partial charge in [0.15, 0.2) is 6.29 Å². The second-order valence-corrected chi connectivity index (χ2v) is 3.89. The van der Waals surface area contributed by atoms with Crippen LogP contribution in [0.2, 0.25) is 0 Å². The van der Waals surface area contributed by atoms with Gasteiger partial charge in [-0.3, -0.25) is 10.1 Å². The van der Waals surface area contributed by atoms with Crippen LogP contribution in [0, 0.1) is 10.1 Å². The fourth-order valence-electron chi connectivity index (χ4n) is 2.03. The zero-order valence-corrected chi connectivity index (χ0v) is 8.65. The molecule has 1 aromatic rings. The highest BCUT2D eigenvalue weighted by Gasteiger charge is 2.39. The second-order valence-electron chi connectivity index (χ2n) is 3.89. The molecule has 0 bridgehead atoms. The molecule has 1 saturated heterocycles. The Labute approximate surface area is 92.8 Å². The first kappa shape index (κ1) is 11.0. The van der Waals surface area contributed by atoms with Crippen LogP contribution in [-0.2, 0) is 4.74 Å². The van der Waals surface area contributed by atoms with Gasteiger partial charge in [-0.2, -0.15) is 0 Å². The molecule has 1 fully saturated rings. The molecule has 0 spiro atoms. The number of hydrogen-bond donors (Lipinski definition) is 1. The summed E-state index contributed by atoms with van der Waals surface area (Å²) in [6.07, 6.45) is -0.628. The topological polar surface area (TPSA) is 72.6 Å². The summed E-state index contributed by atoms with van der Waals surface area (Å²) in [5, 5.41) is 20.3. The summed E-state index contributed by atoms with van der Waals surface area (Å²) in [4.78, 5) is 10.6. The van der Waals surface area contributed by atoms with Crippen LogP contribution in [0.1, 0.15) is 17.9 Å². The van der Waals surface area contributed by atoms with Gasteiger partial charge < -0.3 is 9.84 Å². The number of rotatable bonds is 2. The zero-order chi connectivity index (χ0) is 11.5. The van der Waals surface area contributed by atoms with Gasteiger partial charge in [-0.1, -0.05) is 30.3 Å². The molecule has 1 aromatic carbocycles. The lowest BCUT2D eigenvalue weighted by atomic mass is 9.87. The number of ether oxygens (including phenoxy) is 1. The lowest BCUT2D eigenvalue weighted by Crippen LogP contribution is -2.40. The Morgan fingerprint density at radius 1 is 1.38 bits per heavy atom. The van der Waals surface area contributed by atoms with E-state index in [1.54, 1.807) is 0 Å². The van der Waals surface area contributed by atoms with Crippen LogP contribution in [0.25, 0.3) is 0 Å². The van der Waals surface area contributed by atoms with Crippen molar-refractivity contribution in [1.82, 2.24) is 0 Å². The lowest BCUT2D eigenvalue weighted by Gasteiger charge is -2.29. The number of benzene rings is 1. The number of nitro groups is 1. The van der Waals surface area contributed by atoms with Crippen molar-refractivity contribution < 1.29 is 14.8 Å². The molecule has 5 heteroatoms. The van der Waals surface area contributed by atoms with E-state index in [9.17, 15) is 15.2 Å². The van der Waals surface area contributed by atoms with Gasteiger partial charge in [0.05, 0.1) is 5.92 Å². The first-order valence-electron chi connectivity index (χ1n) is 5.16. The van der Waals surface area contributed by atoms with Crippen LogP contribution in [0.3, 0.4) is 0 Å². The van der Waals surface area contributed by atoms with Crippen molar-refractivity contribution in [2.75, 3.05) is 6.61 Å². The fraction of sp³-hybridized carbons (Fsp3) is 0.455. The fourth-order valence-corrected chi connectivity index (χ4v) is 2.03. The molecule has 3 atom stereocenters. The second kappa shape index (κ2) is 4.59. The van der Waals surface area contributed by atoms with Crippen molar-refractivity contribution >= 4 is 0 Å². The highest BCUT2D eigenvalue weighted by Crippen LogP contribution is 2.30. The first-order chi connectivity index (χ1) is 7.68. The molecule has 86 valence electrons. The Morgan fingerprint density at radius 2 is 2.06 bits per heavy atom. The van der Waals surface area contributed by atoms with Gasteiger partial charge in [0.25, 0.3) is 0 Å². The summed E-state index contributed by atoms with van der Waals surface area (Å²) in [5.74, 6) is -0.278. The predicted molar refractivity (Wildman–Crippen MR) is 56.5 cm³/mol. The molecule has 1 N–H and O–H groups in total. The minimum Gasteiger partial charge on any atom is -0.368 e. The van der Waals surface area contributed by atoms with E-state index in [1.807, 2.05) is 30.3 Å². The Bertz CT molecular complexity index is 368. The van der Waals surface area contributed by atoms with Crippen molar-refractivity contribution in [3.63, 3.8) is 0 Å². The van der Waals surface area contributed by atoms with Gasteiger partial charge in [0.1, 0.15) is 6.61 Å². The van der Waals surface area contributed by atoms with E-state index < -0.39 is 12.3 Å². The van der Waals surface area contributed by atoms with E-state index in [1.165, 1.54) is 0 Å². The van der Waals surface area contributed by atoms with E-state index in [4.69, 9.17) is 4.74 Å². The van der Waals surface area contributed by atoms with Crippen LogP contribution in [0.15, 0.2) is 30.3 Å². The average molecular weight is 223 g/mol. The molecule has 1 aliphatic heterocycles. The summed E-state index contributed by atoms with van der Waals surface area (Å²) in [6.45, 7) is -0.0340. The third-order valence-corrected chi connectivity index (χ3v) is 2.88. The van der Waals surface area contributed by atoms with E-state index in [0.29, 0.717) is 0 Å². The van der Waals surface area contributed by atoms with Crippen LogP contribution in [0.5, 0.6) is 0 Å². The minimum absolute atomic E-state index is 0.0340. The Hall–Kier alpha value is -1.46. The molecule has 2 rings (SSSR count). The van der Waals surface area contributed by atoms with Gasteiger partial charge >= 0.3 is 0 Å². The molecule has 0 aliphatic carbocycles. The molecule has 16 heavy (non-hydrogen) atoms. The third kappa shape index (κ3) is 2.20. The third-order valence-electron chi connectivity index (χ3n) is 2.88. The number of hydrogen-bond acceptors (Lipinski definition) is 4. The Morgan fingerprint density at radius 3 is 2.69 bits per heavy atom. The highest BCUT2D eigenvalue weighted by molar-refractivity contribution is 5.21. The highest BCUT2D eigenvalue weighted by atomic mass is 16.6. The van der Waals surface area contributed by atoms with Crippen LogP contribution >= 0.6 is 0 Å². The van der Waals surface area contributed by atoms with Crippen molar-refractivity contribution in [2.45, 2.75) is 24.7 Å². The van der Waals surface area contributed by atoms with Gasteiger partial charge in [-0.25, -0.2) is 0 Å². The van der Waals surface area contributed by atoms with Crippen LogP contribution in [-0.4, -0.2) is 29.0 Å². The Kier molecular flexibility index (Phi) is 3.17. The van der Waals surface area contributed by atoms with Gasteiger partial charge in [-0.05, 0) is 5.56 Å².